The van der Waals surface area contributed by atoms with Gasteiger partial charge in [-0.15, -0.1) is 0 Å². The van der Waals surface area contributed by atoms with E-state index in [2.05, 4.69) is 17.5 Å². The topological polar surface area (TPSA) is 41.5 Å². The highest BCUT2D eigenvalue weighted by Gasteiger charge is 2.16. The van der Waals surface area contributed by atoms with E-state index in [1.165, 1.54) is 19.3 Å². The van der Waals surface area contributed by atoms with E-state index >= 15 is 0 Å². The van der Waals surface area contributed by atoms with E-state index in [4.69, 9.17) is 11.6 Å². The maximum absolute atomic E-state index is 11.9. The van der Waals surface area contributed by atoms with Crippen molar-refractivity contribution in [1.82, 2.24) is 5.43 Å². The average molecular weight is 279 g/mol. The zero-order chi connectivity index (χ0) is 13.7. The lowest BCUT2D eigenvalue weighted by atomic mass is 9.86. The van der Waals surface area contributed by atoms with E-state index in [-0.39, 0.29) is 5.91 Å². The molecular weight excluding hydrogens is 260 g/mol. The molecule has 0 aliphatic heterocycles. The minimum atomic E-state index is -0.179. The summed E-state index contributed by atoms with van der Waals surface area (Å²) in [6.07, 6.45) is 5.61. The number of benzene rings is 1. The van der Waals surface area contributed by atoms with Crippen LogP contribution in [0.2, 0.25) is 5.02 Å². The van der Waals surface area contributed by atoms with Crippen LogP contribution >= 0.6 is 11.6 Å². The van der Waals surface area contributed by atoms with E-state index in [9.17, 15) is 4.79 Å². The number of halogens is 1. The molecule has 1 aromatic rings. The van der Waals surface area contributed by atoms with E-state index in [0.29, 0.717) is 10.6 Å². The molecule has 0 radical (unpaired) electrons. The third kappa shape index (κ3) is 4.06. The largest absolute Gasteiger partial charge is 0.271 e. The number of nitrogens with one attached hydrogen (secondary N) is 1. The van der Waals surface area contributed by atoms with Crippen LogP contribution in [0, 0.1) is 5.92 Å². The third-order valence-corrected chi connectivity index (χ3v) is 3.93. The Balaban J connectivity index is 1.88. The molecule has 0 spiro atoms. The Labute approximate surface area is 119 Å². The Morgan fingerprint density at radius 3 is 2.53 bits per heavy atom. The monoisotopic (exact) mass is 278 g/mol. The van der Waals surface area contributed by atoms with Crippen LogP contribution in [0.3, 0.4) is 0 Å². The molecule has 0 heterocycles. The first-order valence-corrected chi connectivity index (χ1v) is 7.18. The maximum Gasteiger partial charge on any atom is 0.271 e. The number of amides is 1. The second-order valence-corrected chi connectivity index (χ2v) is 5.41. The van der Waals surface area contributed by atoms with Crippen molar-refractivity contribution >= 4 is 23.2 Å². The van der Waals surface area contributed by atoms with E-state index in [1.807, 2.05) is 0 Å². The Bertz CT molecular complexity index is 458. The van der Waals surface area contributed by atoms with Crippen LogP contribution in [-0.2, 0) is 0 Å². The van der Waals surface area contributed by atoms with Crippen LogP contribution in [0.4, 0.5) is 0 Å². The number of hydrogen-bond donors (Lipinski definition) is 1. The van der Waals surface area contributed by atoms with Crippen LogP contribution in [0.25, 0.3) is 0 Å². The SMILES string of the molecule is CCC1CCC(=NNC(=O)c2ccc(Cl)cc2)CC1. The molecule has 0 saturated heterocycles. The Morgan fingerprint density at radius 2 is 1.95 bits per heavy atom. The zero-order valence-electron chi connectivity index (χ0n) is 11.2. The fraction of sp³-hybridized carbons (Fsp3) is 0.467. The van der Waals surface area contributed by atoms with Gasteiger partial charge in [-0.25, -0.2) is 5.43 Å². The highest BCUT2D eigenvalue weighted by atomic mass is 35.5. The van der Waals surface area contributed by atoms with Crippen molar-refractivity contribution in [2.45, 2.75) is 39.0 Å². The Morgan fingerprint density at radius 1 is 1.32 bits per heavy atom. The quantitative estimate of drug-likeness (QED) is 0.834. The molecule has 0 bridgehead atoms. The minimum Gasteiger partial charge on any atom is -0.267 e. The molecule has 4 heteroatoms. The van der Waals surface area contributed by atoms with Crippen LogP contribution in [0.15, 0.2) is 29.4 Å². The highest BCUT2D eigenvalue weighted by Crippen LogP contribution is 2.24. The standard InChI is InChI=1S/C15H19ClN2O/c1-2-11-3-9-14(10-4-11)17-18-15(19)12-5-7-13(16)8-6-12/h5-8,11H,2-4,9-10H2,1H3,(H,18,19). The number of carbonyl (C=O) groups is 1. The molecule has 1 N–H and O–H groups in total. The van der Waals surface area contributed by atoms with Crippen molar-refractivity contribution in [3.8, 4) is 0 Å². The predicted molar refractivity (Wildman–Crippen MR) is 78.6 cm³/mol. The number of rotatable bonds is 3. The maximum atomic E-state index is 11.9. The molecule has 1 amide bonds. The lowest BCUT2D eigenvalue weighted by Crippen LogP contribution is -2.22. The average Bonchev–Trinajstić information content (AvgIpc) is 2.46. The van der Waals surface area contributed by atoms with Crippen LogP contribution in [-0.4, -0.2) is 11.6 Å². The van der Waals surface area contributed by atoms with Gasteiger partial charge in [0.15, 0.2) is 0 Å². The molecule has 102 valence electrons. The molecular formula is C15H19ClN2O. The van der Waals surface area contributed by atoms with Gasteiger partial charge in [0.1, 0.15) is 0 Å². The summed E-state index contributed by atoms with van der Waals surface area (Å²) in [6, 6.07) is 6.81. The summed E-state index contributed by atoms with van der Waals surface area (Å²) in [5.74, 6) is 0.646. The smallest absolute Gasteiger partial charge is 0.267 e. The number of hydrazone groups is 1. The second kappa shape index (κ2) is 6.71. The molecule has 0 atom stereocenters. The molecule has 3 nitrogen and oxygen atoms in total. The summed E-state index contributed by atoms with van der Waals surface area (Å²) in [5, 5.41) is 4.86. The highest BCUT2D eigenvalue weighted by molar-refractivity contribution is 6.30. The molecule has 0 aromatic heterocycles. The zero-order valence-corrected chi connectivity index (χ0v) is 11.9. The van der Waals surface area contributed by atoms with Gasteiger partial charge in [-0.1, -0.05) is 24.9 Å². The summed E-state index contributed by atoms with van der Waals surface area (Å²) in [6.45, 7) is 2.23. The first-order chi connectivity index (χ1) is 9.19. The van der Waals surface area contributed by atoms with Gasteiger partial charge in [0, 0.05) is 16.3 Å². The minimum absolute atomic E-state index is 0.179. The fourth-order valence-corrected chi connectivity index (χ4v) is 2.45. The van der Waals surface area contributed by atoms with Gasteiger partial charge in [-0.3, -0.25) is 4.79 Å². The number of nitrogens with zero attached hydrogens (tertiary/aromatic N) is 1. The molecule has 1 aromatic carbocycles. The molecule has 2 rings (SSSR count). The van der Waals surface area contributed by atoms with E-state index in [0.717, 1.165) is 24.5 Å². The van der Waals surface area contributed by atoms with Gasteiger partial charge in [0.2, 0.25) is 0 Å². The Kier molecular flexibility index (Phi) is 4.97. The van der Waals surface area contributed by atoms with Crippen LogP contribution in [0.5, 0.6) is 0 Å². The normalized spacial score (nSPS) is 19.1. The second-order valence-electron chi connectivity index (χ2n) is 4.98. The van der Waals surface area contributed by atoms with Crippen molar-refractivity contribution in [3.05, 3.63) is 34.9 Å². The van der Waals surface area contributed by atoms with Crippen molar-refractivity contribution < 1.29 is 4.79 Å². The lowest BCUT2D eigenvalue weighted by molar-refractivity contribution is 0.0954. The first kappa shape index (κ1) is 14.1. The summed E-state index contributed by atoms with van der Waals surface area (Å²) >= 11 is 5.78. The van der Waals surface area contributed by atoms with Crippen molar-refractivity contribution in [2.75, 3.05) is 0 Å². The van der Waals surface area contributed by atoms with Crippen LogP contribution < -0.4 is 5.43 Å². The van der Waals surface area contributed by atoms with Crippen molar-refractivity contribution in [1.29, 1.82) is 0 Å². The summed E-state index contributed by atoms with van der Waals surface area (Å²) in [4.78, 5) is 11.9. The Hall–Kier alpha value is -1.35. The summed E-state index contributed by atoms with van der Waals surface area (Å²) in [7, 11) is 0. The van der Waals surface area contributed by atoms with E-state index in [1.54, 1.807) is 24.3 Å². The molecule has 0 unspecified atom stereocenters. The first-order valence-electron chi connectivity index (χ1n) is 6.80. The molecule has 1 aliphatic rings. The number of hydrogen-bond acceptors (Lipinski definition) is 2. The molecule has 1 aliphatic carbocycles. The van der Waals surface area contributed by atoms with Gasteiger partial charge in [0.05, 0.1) is 0 Å². The fourth-order valence-electron chi connectivity index (χ4n) is 2.33. The van der Waals surface area contributed by atoms with Gasteiger partial charge in [-0.05, 0) is 55.9 Å². The van der Waals surface area contributed by atoms with Gasteiger partial charge < -0.3 is 0 Å². The molecule has 1 fully saturated rings. The summed E-state index contributed by atoms with van der Waals surface area (Å²) < 4.78 is 0. The third-order valence-electron chi connectivity index (χ3n) is 3.68. The van der Waals surface area contributed by atoms with Gasteiger partial charge in [0.25, 0.3) is 5.91 Å². The van der Waals surface area contributed by atoms with Crippen LogP contribution in [0.1, 0.15) is 49.4 Å². The molecule has 19 heavy (non-hydrogen) atoms. The van der Waals surface area contributed by atoms with Crippen molar-refractivity contribution in [2.24, 2.45) is 11.0 Å². The summed E-state index contributed by atoms with van der Waals surface area (Å²) in [5.41, 5.74) is 4.31. The van der Waals surface area contributed by atoms with Gasteiger partial charge >= 0.3 is 0 Å². The van der Waals surface area contributed by atoms with Gasteiger partial charge in [-0.2, -0.15) is 5.10 Å². The van der Waals surface area contributed by atoms with E-state index < -0.39 is 0 Å². The lowest BCUT2D eigenvalue weighted by Gasteiger charge is -2.21. The number of carbonyl (C=O) groups excluding carboxylic acids is 1. The molecule has 1 saturated carbocycles. The predicted octanol–water partition coefficient (Wildman–Crippen LogP) is 4.03. The van der Waals surface area contributed by atoms with Crippen molar-refractivity contribution in [3.63, 3.8) is 0 Å².